The molecule has 0 N–H and O–H groups in total. The lowest BCUT2D eigenvalue weighted by molar-refractivity contribution is -0.122. The van der Waals surface area contributed by atoms with Crippen LogP contribution in [0.1, 0.15) is 34.1 Å². The van der Waals surface area contributed by atoms with Crippen LogP contribution in [0.15, 0.2) is 72.8 Å². The lowest BCUT2D eigenvalue weighted by Crippen LogP contribution is -2.41. The van der Waals surface area contributed by atoms with Crippen molar-refractivity contribution in [3.05, 3.63) is 100 Å². The summed E-state index contributed by atoms with van der Waals surface area (Å²) in [7, 11) is 0. The average Bonchev–Trinajstić information content (AvgIpc) is 2.99. The van der Waals surface area contributed by atoms with Crippen LogP contribution in [0.2, 0.25) is 5.02 Å². The van der Waals surface area contributed by atoms with Gasteiger partial charge in [0.1, 0.15) is 0 Å². The number of benzene rings is 3. The molecule has 3 aromatic carbocycles. The van der Waals surface area contributed by atoms with Gasteiger partial charge in [0, 0.05) is 16.9 Å². The number of hydrogen-bond acceptors (Lipinski definition) is 2. The lowest BCUT2D eigenvalue weighted by atomic mass is 9.55. The second kappa shape index (κ2) is 5.55. The number of carbonyl (C=O) groups is 2. The Hall–Kier alpha value is -2.91. The first-order chi connectivity index (χ1) is 13.7. The molecule has 1 aliphatic heterocycles. The Morgan fingerprint density at radius 2 is 1.11 bits per heavy atom. The molecular formula is C24H16ClNO2. The first-order valence-electron chi connectivity index (χ1n) is 9.48. The number of halogens is 1. The maximum atomic E-state index is 13.5. The Balaban J connectivity index is 1.58. The number of carbonyl (C=O) groups excluding carboxylic acids is 2. The molecule has 2 unspecified atom stereocenters. The molecule has 2 amide bonds. The van der Waals surface area contributed by atoms with Gasteiger partial charge in [-0.05, 0) is 40.5 Å². The Kier molecular flexibility index (Phi) is 3.19. The second-order valence-electron chi connectivity index (χ2n) is 7.76. The molecule has 0 saturated carbocycles. The van der Waals surface area contributed by atoms with Crippen LogP contribution >= 0.6 is 11.6 Å². The number of imide groups is 1. The Morgan fingerprint density at radius 3 is 1.54 bits per heavy atom. The van der Waals surface area contributed by atoms with Crippen molar-refractivity contribution in [2.24, 2.45) is 11.8 Å². The molecule has 4 heteroatoms. The number of rotatable bonds is 1. The van der Waals surface area contributed by atoms with Gasteiger partial charge in [0.2, 0.25) is 11.8 Å². The van der Waals surface area contributed by atoms with Gasteiger partial charge in [-0.3, -0.25) is 9.59 Å². The Bertz CT molecular complexity index is 1060. The predicted molar refractivity (Wildman–Crippen MR) is 107 cm³/mol. The van der Waals surface area contributed by atoms with Crippen LogP contribution in [0.5, 0.6) is 0 Å². The standard InChI is InChI=1S/C24H16ClNO2/c25-13-6-5-7-14(12-13)26-23(27)21-19-15-8-1-2-9-16(15)20(22(21)24(26)28)18-11-4-3-10-17(18)19/h1-12,19-22H. The highest BCUT2D eigenvalue weighted by atomic mass is 35.5. The fourth-order valence-electron chi connectivity index (χ4n) is 5.55. The molecule has 0 aromatic heterocycles. The van der Waals surface area contributed by atoms with E-state index in [9.17, 15) is 9.59 Å². The van der Waals surface area contributed by atoms with Crippen molar-refractivity contribution in [3.8, 4) is 0 Å². The van der Waals surface area contributed by atoms with Crippen LogP contribution in [-0.2, 0) is 9.59 Å². The molecule has 1 saturated heterocycles. The van der Waals surface area contributed by atoms with Gasteiger partial charge >= 0.3 is 0 Å². The highest BCUT2D eigenvalue weighted by Crippen LogP contribution is 2.61. The summed E-state index contributed by atoms with van der Waals surface area (Å²) in [6, 6.07) is 23.5. The smallest absolute Gasteiger partial charge is 0.238 e. The number of amides is 2. The topological polar surface area (TPSA) is 37.4 Å². The van der Waals surface area contributed by atoms with Gasteiger partial charge < -0.3 is 0 Å². The largest absolute Gasteiger partial charge is 0.274 e. The van der Waals surface area contributed by atoms with E-state index >= 15 is 0 Å². The van der Waals surface area contributed by atoms with Crippen molar-refractivity contribution in [2.45, 2.75) is 11.8 Å². The summed E-state index contributed by atoms with van der Waals surface area (Å²) in [6.07, 6.45) is 0. The van der Waals surface area contributed by atoms with Gasteiger partial charge in [0.25, 0.3) is 0 Å². The van der Waals surface area contributed by atoms with Crippen LogP contribution in [0.3, 0.4) is 0 Å². The first kappa shape index (κ1) is 16.1. The molecule has 28 heavy (non-hydrogen) atoms. The third kappa shape index (κ3) is 1.90. The highest BCUT2D eigenvalue weighted by Gasteiger charge is 2.61. The second-order valence-corrected chi connectivity index (χ2v) is 8.19. The van der Waals surface area contributed by atoms with Crippen molar-refractivity contribution >= 4 is 29.1 Å². The van der Waals surface area contributed by atoms with Crippen LogP contribution in [0, 0.1) is 11.8 Å². The molecule has 3 aliphatic carbocycles. The summed E-state index contributed by atoms with van der Waals surface area (Å²) in [5.74, 6) is -1.11. The van der Waals surface area contributed by atoms with Gasteiger partial charge in [-0.15, -0.1) is 0 Å². The monoisotopic (exact) mass is 385 g/mol. The van der Waals surface area contributed by atoms with Crippen LogP contribution in [0.25, 0.3) is 0 Å². The molecule has 136 valence electrons. The van der Waals surface area contributed by atoms with Crippen LogP contribution < -0.4 is 4.90 Å². The summed E-state index contributed by atoms with van der Waals surface area (Å²) in [5.41, 5.74) is 5.29. The summed E-state index contributed by atoms with van der Waals surface area (Å²) in [4.78, 5) is 28.4. The zero-order valence-corrected chi connectivity index (χ0v) is 15.6. The van der Waals surface area contributed by atoms with Gasteiger partial charge in [0.15, 0.2) is 0 Å². The van der Waals surface area contributed by atoms with E-state index < -0.39 is 0 Å². The zero-order chi connectivity index (χ0) is 19.0. The quantitative estimate of drug-likeness (QED) is 0.567. The Labute approximate surface area is 167 Å². The first-order valence-corrected chi connectivity index (χ1v) is 9.85. The lowest BCUT2D eigenvalue weighted by Gasteiger charge is -2.45. The Morgan fingerprint density at radius 1 is 0.643 bits per heavy atom. The summed E-state index contributed by atoms with van der Waals surface area (Å²) < 4.78 is 0. The minimum absolute atomic E-state index is 0.0805. The van der Waals surface area contributed by atoms with E-state index in [1.54, 1.807) is 24.3 Å². The van der Waals surface area contributed by atoms with Crippen molar-refractivity contribution in [3.63, 3.8) is 0 Å². The maximum Gasteiger partial charge on any atom is 0.238 e. The van der Waals surface area contributed by atoms with Crippen molar-refractivity contribution in [1.29, 1.82) is 0 Å². The third-order valence-corrected chi connectivity index (χ3v) is 6.75. The van der Waals surface area contributed by atoms with Gasteiger partial charge in [-0.2, -0.15) is 0 Å². The molecule has 2 atom stereocenters. The number of nitrogens with zero attached hydrogens (tertiary/aromatic N) is 1. The molecule has 2 bridgehead atoms. The normalized spacial score (nSPS) is 26.8. The van der Waals surface area contributed by atoms with E-state index in [2.05, 4.69) is 24.3 Å². The highest BCUT2D eigenvalue weighted by molar-refractivity contribution is 6.31. The maximum absolute atomic E-state index is 13.5. The SMILES string of the molecule is O=C1C2C3c4ccccc4C(c4ccccc43)C2C(=O)N1c1cccc(Cl)c1. The molecule has 3 nitrogen and oxygen atoms in total. The van der Waals surface area contributed by atoms with Gasteiger partial charge in [-0.1, -0.05) is 66.2 Å². The van der Waals surface area contributed by atoms with E-state index in [1.807, 2.05) is 24.3 Å². The zero-order valence-electron chi connectivity index (χ0n) is 14.9. The fourth-order valence-corrected chi connectivity index (χ4v) is 5.73. The predicted octanol–water partition coefficient (Wildman–Crippen LogP) is 4.74. The minimum atomic E-state index is -0.360. The molecule has 0 spiro atoms. The van der Waals surface area contributed by atoms with Crippen molar-refractivity contribution in [2.75, 3.05) is 4.90 Å². The fraction of sp³-hybridized carbons (Fsp3) is 0.167. The van der Waals surface area contributed by atoms with Crippen LogP contribution in [0.4, 0.5) is 5.69 Å². The minimum Gasteiger partial charge on any atom is -0.274 e. The molecule has 4 aliphatic rings. The molecule has 0 radical (unpaired) electrons. The molecule has 7 rings (SSSR count). The van der Waals surface area contributed by atoms with E-state index in [4.69, 9.17) is 11.6 Å². The summed E-state index contributed by atoms with van der Waals surface area (Å²) in [5, 5.41) is 0.516. The summed E-state index contributed by atoms with van der Waals surface area (Å²) >= 11 is 6.14. The molecule has 1 fully saturated rings. The van der Waals surface area contributed by atoms with Crippen LogP contribution in [-0.4, -0.2) is 11.8 Å². The van der Waals surface area contributed by atoms with E-state index in [0.29, 0.717) is 10.7 Å². The van der Waals surface area contributed by atoms with Crippen molar-refractivity contribution < 1.29 is 9.59 Å². The molecule has 3 aromatic rings. The van der Waals surface area contributed by atoms with E-state index in [-0.39, 0.29) is 35.5 Å². The van der Waals surface area contributed by atoms with E-state index in [1.165, 1.54) is 27.2 Å². The summed E-state index contributed by atoms with van der Waals surface area (Å²) in [6.45, 7) is 0. The molecular weight excluding hydrogens is 370 g/mol. The average molecular weight is 386 g/mol. The van der Waals surface area contributed by atoms with E-state index in [0.717, 1.165) is 0 Å². The number of anilines is 1. The molecule has 1 heterocycles. The third-order valence-electron chi connectivity index (χ3n) is 6.51. The van der Waals surface area contributed by atoms with Gasteiger partial charge in [-0.25, -0.2) is 4.90 Å². The van der Waals surface area contributed by atoms with Crippen molar-refractivity contribution in [1.82, 2.24) is 0 Å². The number of hydrogen-bond donors (Lipinski definition) is 0. The van der Waals surface area contributed by atoms with Gasteiger partial charge in [0.05, 0.1) is 17.5 Å².